The zero-order valence-electron chi connectivity index (χ0n) is 13.8. The Morgan fingerprint density at radius 2 is 1.71 bits per heavy atom. The second-order valence-electron chi connectivity index (χ2n) is 6.18. The summed E-state index contributed by atoms with van der Waals surface area (Å²) in [5, 5.41) is 6.17. The molecule has 2 N–H and O–H groups in total. The van der Waals surface area contributed by atoms with Crippen molar-refractivity contribution in [2.24, 2.45) is 0 Å². The van der Waals surface area contributed by atoms with Crippen LogP contribution in [0.2, 0.25) is 0 Å². The Morgan fingerprint density at radius 3 is 2.46 bits per heavy atom. The molecule has 4 nitrogen and oxygen atoms in total. The molecule has 2 aromatic rings. The highest BCUT2D eigenvalue weighted by molar-refractivity contribution is 6.27. The Morgan fingerprint density at radius 1 is 1.00 bits per heavy atom. The maximum Gasteiger partial charge on any atom is 0.252 e. The lowest BCUT2D eigenvalue weighted by Crippen LogP contribution is -2.62. The SMILES string of the molecule is CCCCC1(NCc2ccccc2)C(=O)Nc2ccccc2C1=O. The van der Waals surface area contributed by atoms with Gasteiger partial charge in [0.05, 0.1) is 5.69 Å². The largest absolute Gasteiger partial charge is 0.323 e. The van der Waals surface area contributed by atoms with Crippen molar-refractivity contribution in [1.82, 2.24) is 5.32 Å². The molecule has 3 rings (SSSR count). The third-order valence-corrected chi connectivity index (χ3v) is 4.54. The predicted molar refractivity (Wildman–Crippen MR) is 94.9 cm³/mol. The van der Waals surface area contributed by atoms with E-state index in [-0.39, 0.29) is 11.7 Å². The Kier molecular flexibility index (Phi) is 4.76. The second-order valence-corrected chi connectivity index (χ2v) is 6.18. The van der Waals surface area contributed by atoms with E-state index in [0.717, 1.165) is 18.4 Å². The first-order valence-electron chi connectivity index (χ1n) is 8.41. The third kappa shape index (κ3) is 2.97. The van der Waals surface area contributed by atoms with Gasteiger partial charge in [0.25, 0.3) is 5.91 Å². The van der Waals surface area contributed by atoms with E-state index in [9.17, 15) is 9.59 Å². The minimum Gasteiger partial charge on any atom is -0.323 e. The van der Waals surface area contributed by atoms with Crippen LogP contribution in [0.1, 0.15) is 42.1 Å². The number of fused-ring (bicyclic) bond motifs is 1. The van der Waals surface area contributed by atoms with Crippen LogP contribution >= 0.6 is 0 Å². The Bertz CT molecular complexity index is 742. The van der Waals surface area contributed by atoms with E-state index >= 15 is 0 Å². The van der Waals surface area contributed by atoms with E-state index in [1.54, 1.807) is 12.1 Å². The van der Waals surface area contributed by atoms with Gasteiger partial charge < -0.3 is 5.32 Å². The topological polar surface area (TPSA) is 58.2 Å². The van der Waals surface area contributed by atoms with Crippen LogP contribution in [0.3, 0.4) is 0 Å². The van der Waals surface area contributed by atoms with Crippen molar-refractivity contribution in [3.05, 3.63) is 65.7 Å². The number of hydrogen-bond donors (Lipinski definition) is 2. The molecule has 0 aliphatic carbocycles. The fraction of sp³-hybridized carbons (Fsp3) is 0.300. The molecule has 2 aromatic carbocycles. The third-order valence-electron chi connectivity index (χ3n) is 4.54. The van der Waals surface area contributed by atoms with Gasteiger partial charge in [-0.15, -0.1) is 0 Å². The normalized spacial score (nSPS) is 19.7. The van der Waals surface area contributed by atoms with Crippen LogP contribution in [0, 0.1) is 0 Å². The summed E-state index contributed by atoms with van der Waals surface area (Å²) in [5.74, 6) is -0.387. The second kappa shape index (κ2) is 6.97. The molecule has 0 spiro atoms. The lowest BCUT2D eigenvalue weighted by molar-refractivity contribution is -0.121. The highest BCUT2D eigenvalue weighted by Crippen LogP contribution is 2.31. The molecule has 1 amide bonds. The summed E-state index contributed by atoms with van der Waals surface area (Å²) in [6, 6.07) is 17.0. The van der Waals surface area contributed by atoms with Crippen LogP contribution in [-0.4, -0.2) is 17.2 Å². The van der Waals surface area contributed by atoms with Gasteiger partial charge in [-0.3, -0.25) is 14.9 Å². The highest BCUT2D eigenvalue weighted by atomic mass is 16.2. The Hall–Kier alpha value is -2.46. The summed E-state index contributed by atoms with van der Waals surface area (Å²) in [5.41, 5.74) is 1.03. The van der Waals surface area contributed by atoms with Crippen LogP contribution in [-0.2, 0) is 11.3 Å². The number of nitrogens with one attached hydrogen (secondary N) is 2. The molecule has 0 aromatic heterocycles. The smallest absolute Gasteiger partial charge is 0.252 e. The summed E-state index contributed by atoms with van der Waals surface area (Å²) < 4.78 is 0. The number of benzene rings is 2. The number of carbonyl (C=O) groups excluding carboxylic acids is 2. The van der Waals surface area contributed by atoms with E-state index in [0.29, 0.717) is 24.2 Å². The molecule has 1 aliphatic heterocycles. The van der Waals surface area contributed by atoms with Gasteiger partial charge in [-0.05, 0) is 24.1 Å². The van der Waals surface area contributed by atoms with E-state index in [4.69, 9.17) is 0 Å². The quantitative estimate of drug-likeness (QED) is 0.800. The highest BCUT2D eigenvalue weighted by Gasteiger charge is 2.48. The molecule has 4 heteroatoms. The first kappa shape index (κ1) is 16.4. The van der Waals surface area contributed by atoms with Crippen molar-refractivity contribution < 1.29 is 9.59 Å². The molecule has 1 heterocycles. The zero-order valence-corrected chi connectivity index (χ0v) is 13.8. The van der Waals surface area contributed by atoms with Gasteiger partial charge >= 0.3 is 0 Å². The lowest BCUT2D eigenvalue weighted by atomic mass is 9.80. The number of carbonyl (C=O) groups is 2. The Labute approximate surface area is 142 Å². The average Bonchev–Trinajstić information content (AvgIpc) is 2.62. The monoisotopic (exact) mass is 322 g/mol. The van der Waals surface area contributed by atoms with Gasteiger partial charge in [0.2, 0.25) is 0 Å². The number of ketones is 1. The molecular formula is C20H22N2O2. The molecule has 0 saturated carbocycles. The molecule has 0 saturated heterocycles. The lowest BCUT2D eigenvalue weighted by Gasteiger charge is -2.36. The Balaban J connectivity index is 1.93. The standard InChI is InChI=1S/C20H22N2O2/c1-2-3-13-20(21-14-15-9-5-4-6-10-15)18(23)16-11-7-8-12-17(16)22-19(20)24/h4-12,21H,2-3,13-14H2,1H3,(H,22,24). The molecule has 1 unspecified atom stereocenters. The predicted octanol–water partition coefficient (Wildman–Crippen LogP) is 3.54. The van der Waals surface area contributed by atoms with Crippen molar-refractivity contribution >= 4 is 17.4 Å². The molecule has 1 aliphatic rings. The van der Waals surface area contributed by atoms with E-state index in [1.807, 2.05) is 42.5 Å². The summed E-state index contributed by atoms with van der Waals surface area (Å²) >= 11 is 0. The van der Waals surface area contributed by atoms with Crippen LogP contribution in [0.4, 0.5) is 5.69 Å². The van der Waals surface area contributed by atoms with Gasteiger partial charge in [0.1, 0.15) is 0 Å². The van der Waals surface area contributed by atoms with Crippen molar-refractivity contribution in [3.63, 3.8) is 0 Å². The number of unbranched alkanes of at least 4 members (excludes halogenated alkanes) is 1. The molecule has 0 fully saturated rings. The number of para-hydroxylation sites is 1. The number of hydrogen-bond acceptors (Lipinski definition) is 3. The van der Waals surface area contributed by atoms with E-state index < -0.39 is 5.54 Å². The molecule has 1 atom stereocenters. The summed E-state index contributed by atoms with van der Waals surface area (Å²) in [6.45, 7) is 2.54. The number of amides is 1. The van der Waals surface area contributed by atoms with Crippen LogP contribution in [0.25, 0.3) is 0 Å². The molecule has 124 valence electrons. The van der Waals surface area contributed by atoms with Gasteiger partial charge in [0, 0.05) is 12.1 Å². The van der Waals surface area contributed by atoms with Crippen LogP contribution < -0.4 is 10.6 Å². The molecule has 24 heavy (non-hydrogen) atoms. The van der Waals surface area contributed by atoms with Gasteiger partial charge in [-0.2, -0.15) is 0 Å². The first-order chi connectivity index (χ1) is 11.7. The first-order valence-corrected chi connectivity index (χ1v) is 8.41. The molecule has 0 radical (unpaired) electrons. The van der Waals surface area contributed by atoms with Crippen molar-refractivity contribution in [1.29, 1.82) is 0 Å². The average molecular weight is 322 g/mol. The summed E-state index contributed by atoms with van der Waals surface area (Å²) in [6.07, 6.45) is 2.23. The van der Waals surface area contributed by atoms with E-state index in [2.05, 4.69) is 17.6 Å². The van der Waals surface area contributed by atoms with Crippen molar-refractivity contribution in [2.45, 2.75) is 38.3 Å². The number of anilines is 1. The van der Waals surface area contributed by atoms with Gasteiger partial charge in [0.15, 0.2) is 11.3 Å². The van der Waals surface area contributed by atoms with Crippen molar-refractivity contribution in [3.8, 4) is 0 Å². The minimum atomic E-state index is -1.19. The minimum absolute atomic E-state index is 0.133. The van der Waals surface area contributed by atoms with Crippen LogP contribution in [0.5, 0.6) is 0 Å². The van der Waals surface area contributed by atoms with Crippen LogP contribution in [0.15, 0.2) is 54.6 Å². The van der Waals surface area contributed by atoms with Crippen molar-refractivity contribution in [2.75, 3.05) is 5.32 Å². The molecular weight excluding hydrogens is 300 g/mol. The summed E-state index contributed by atoms with van der Waals surface area (Å²) in [4.78, 5) is 26.0. The summed E-state index contributed by atoms with van der Waals surface area (Å²) in [7, 11) is 0. The number of rotatable bonds is 6. The fourth-order valence-corrected chi connectivity index (χ4v) is 3.12. The van der Waals surface area contributed by atoms with E-state index in [1.165, 1.54) is 0 Å². The fourth-order valence-electron chi connectivity index (χ4n) is 3.12. The van der Waals surface area contributed by atoms with Gasteiger partial charge in [-0.25, -0.2) is 0 Å². The maximum absolute atomic E-state index is 13.2. The maximum atomic E-state index is 13.2. The molecule has 0 bridgehead atoms. The zero-order chi connectivity index (χ0) is 17.0. The number of Topliss-reactive ketones (excluding diaryl/α,β-unsaturated/α-hetero) is 1. The van der Waals surface area contributed by atoms with Gasteiger partial charge in [-0.1, -0.05) is 62.2 Å².